The number of ether oxygens (including phenoxy) is 4. The molecule has 0 saturated heterocycles. The van der Waals surface area contributed by atoms with Crippen molar-refractivity contribution in [3.63, 3.8) is 0 Å². The van der Waals surface area contributed by atoms with Crippen LogP contribution in [-0.4, -0.2) is 52.3 Å². The van der Waals surface area contributed by atoms with Gasteiger partial charge in [-0.25, -0.2) is 4.79 Å². The molecule has 0 radical (unpaired) electrons. The van der Waals surface area contributed by atoms with Crippen LogP contribution in [0.25, 0.3) is 0 Å². The van der Waals surface area contributed by atoms with Gasteiger partial charge in [0.1, 0.15) is 0 Å². The highest BCUT2D eigenvalue weighted by Crippen LogP contribution is 2.38. The zero-order valence-electron chi connectivity index (χ0n) is 13.0. The molecule has 0 aliphatic carbocycles. The lowest BCUT2D eigenvalue weighted by atomic mass is 10.2. The number of hydrogen-bond donors (Lipinski definition) is 2. The Balaban J connectivity index is 2.80. The molecule has 3 N–H and O–H groups in total. The van der Waals surface area contributed by atoms with Crippen molar-refractivity contribution >= 4 is 17.8 Å². The van der Waals surface area contributed by atoms with Crippen LogP contribution in [0.1, 0.15) is 10.4 Å². The molecule has 0 aromatic heterocycles. The molecule has 126 valence electrons. The smallest absolute Gasteiger partial charge is 0.338 e. The lowest BCUT2D eigenvalue weighted by Crippen LogP contribution is -2.35. The van der Waals surface area contributed by atoms with Crippen LogP contribution in [0.4, 0.5) is 0 Å². The molecule has 9 nitrogen and oxygen atoms in total. The average molecular weight is 326 g/mol. The molecule has 1 aromatic rings. The van der Waals surface area contributed by atoms with Gasteiger partial charge in [-0.3, -0.25) is 9.59 Å². The summed E-state index contributed by atoms with van der Waals surface area (Å²) in [7, 11) is 4.24. The summed E-state index contributed by atoms with van der Waals surface area (Å²) >= 11 is 0. The van der Waals surface area contributed by atoms with Gasteiger partial charge in [-0.15, -0.1) is 0 Å². The highest BCUT2D eigenvalue weighted by molar-refractivity contribution is 5.93. The van der Waals surface area contributed by atoms with Crippen molar-refractivity contribution in [2.75, 3.05) is 34.5 Å². The van der Waals surface area contributed by atoms with Crippen LogP contribution < -0.4 is 25.3 Å². The van der Waals surface area contributed by atoms with Crippen molar-refractivity contribution in [1.29, 1.82) is 0 Å². The number of benzene rings is 1. The van der Waals surface area contributed by atoms with Gasteiger partial charge in [-0.05, 0) is 12.1 Å². The summed E-state index contributed by atoms with van der Waals surface area (Å²) in [4.78, 5) is 33.9. The van der Waals surface area contributed by atoms with Gasteiger partial charge in [-0.1, -0.05) is 0 Å². The molecule has 0 fully saturated rings. The van der Waals surface area contributed by atoms with Gasteiger partial charge in [0.15, 0.2) is 18.1 Å². The minimum Gasteiger partial charge on any atom is -0.493 e. The number of carbonyl (C=O) groups is 3. The van der Waals surface area contributed by atoms with Crippen LogP contribution >= 0.6 is 0 Å². The first-order valence-electron chi connectivity index (χ1n) is 6.45. The number of hydrogen-bond acceptors (Lipinski definition) is 7. The third kappa shape index (κ3) is 5.06. The molecule has 0 unspecified atom stereocenters. The number of nitrogens with one attached hydrogen (secondary N) is 1. The zero-order valence-corrected chi connectivity index (χ0v) is 13.0. The zero-order chi connectivity index (χ0) is 17.4. The minimum absolute atomic E-state index is 0.113. The van der Waals surface area contributed by atoms with Crippen LogP contribution in [0.2, 0.25) is 0 Å². The minimum atomic E-state index is -0.765. The predicted molar refractivity (Wildman–Crippen MR) is 78.6 cm³/mol. The summed E-state index contributed by atoms with van der Waals surface area (Å²) in [5, 5.41) is 2.19. The Hall–Kier alpha value is -2.97. The van der Waals surface area contributed by atoms with Gasteiger partial charge in [0.05, 0.1) is 33.4 Å². The Labute approximate surface area is 132 Å². The number of esters is 1. The third-order valence-corrected chi connectivity index (χ3v) is 2.69. The molecule has 0 spiro atoms. The number of primary amides is 1. The molecule has 0 aliphatic rings. The summed E-state index contributed by atoms with van der Waals surface area (Å²) < 4.78 is 20.2. The van der Waals surface area contributed by atoms with Gasteiger partial charge in [0, 0.05) is 0 Å². The first-order chi connectivity index (χ1) is 10.9. The molecule has 2 amide bonds. The predicted octanol–water partition coefficient (Wildman–Crippen LogP) is -0.529. The molecule has 1 aromatic carbocycles. The van der Waals surface area contributed by atoms with Crippen molar-refractivity contribution in [1.82, 2.24) is 5.32 Å². The monoisotopic (exact) mass is 326 g/mol. The van der Waals surface area contributed by atoms with E-state index in [1.807, 2.05) is 0 Å². The Morgan fingerprint density at radius 3 is 2.04 bits per heavy atom. The number of amides is 2. The van der Waals surface area contributed by atoms with Gasteiger partial charge in [-0.2, -0.15) is 0 Å². The highest BCUT2D eigenvalue weighted by atomic mass is 16.5. The Bertz CT molecular complexity index is 576. The third-order valence-electron chi connectivity index (χ3n) is 2.69. The van der Waals surface area contributed by atoms with E-state index in [2.05, 4.69) is 5.32 Å². The molecule has 0 aliphatic heterocycles. The lowest BCUT2D eigenvalue weighted by molar-refractivity contribution is -0.127. The van der Waals surface area contributed by atoms with E-state index in [4.69, 9.17) is 24.7 Å². The number of methoxy groups -OCH3 is 3. The fourth-order valence-corrected chi connectivity index (χ4v) is 1.65. The topological polar surface area (TPSA) is 126 Å². The molecule has 0 bridgehead atoms. The molecular formula is C14H18N2O7. The van der Waals surface area contributed by atoms with Crippen molar-refractivity contribution in [3.8, 4) is 17.2 Å². The lowest BCUT2D eigenvalue weighted by Gasteiger charge is -2.13. The van der Waals surface area contributed by atoms with Crippen molar-refractivity contribution in [2.24, 2.45) is 5.73 Å². The summed E-state index contributed by atoms with van der Waals surface area (Å²) in [6, 6.07) is 2.79. The Morgan fingerprint density at radius 2 is 1.61 bits per heavy atom. The van der Waals surface area contributed by atoms with Crippen molar-refractivity contribution in [2.45, 2.75) is 0 Å². The Morgan fingerprint density at radius 1 is 1.04 bits per heavy atom. The molecule has 0 atom stereocenters. The summed E-state index contributed by atoms with van der Waals surface area (Å²) in [5.41, 5.74) is 4.99. The maximum atomic E-state index is 12.0. The average Bonchev–Trinajstić information content (AvgIpc) is 2.56. The van der Waals surface area contributed by atoms with E-state index in [0.717, 1.165) is 0 Å². The maximum absolute atomic E-state index is 12.0. The van der Waals surface area contributed by atoms with Crippen LogP contribution in [0, 0.1) is 0 Å². The highest BCUT2D eigenvalue weighted by Gasteiger charge is 2.18. The fourth-order valence-electron chi connectivity index (χ4n) is 1.65. The quantitative estimate of drug-likeness (QED) is 0.615. The molecule has 9 heteroatoms. The van der Waals surface area contributed by atoms with E-state index in [1.54, 1.807) is 0 Å². The maximum Gasteiger partial charge on any atom is 0.338 e. The van der Waals surface area contributed by atoms with E-state index in [9.17, 15) is 14.4 Å². The molecule has 1 rings (SSSR count). The van der Waals surface area contributed by atoms with Gasteiger partial charge < -0.3 is 30.0 Å². The van der Waals surface area contributed by atoms with Crippen LogP contribution in [0.5, 0.6) is 17.2 Å². The van der Waals surface area contributed by atoms with Crippen LogP contribution in [-0.2, 0) is 14.3 Å². The fraction of sp³-hybridized carbons (Fsp3) is 0.357. The van der Waals surface area contributed by atoms with Crippen molar-refractivity contribution < 1.29 is 33.3 Å². The molecule has 23 heavy (non-hydrogen) atoms. The van der Waals surface area contributed by atoms with E-state index in [1.165, 1.54) is 33.5 Å². The molecule has 0 heterocycles. The van der Waals surface area contributed by atoms with Gasteiger partial charge in [0.25, 0.3) is 5.91 Å². The molecule has 0 saturated carbocycles. The Kier molecular flexibility index (Phi) is 6.66. The van der Waals surface area contributed by atoms with Crippen LogP contribution in [0.15, 0.2) is 12.1 Å². The first kappa shape index (κ1) is 18.1. The summed E-state index contributed by atoms with van der Waals surface area (Å²) in [6.45, 7) is -0.886. The van der Waals surface area contributed by atoms with Gasteiger partial charge >= 0.3 is 5.97 Å². The number of nitrogens with two attached hydrogens (primary N) is 1. The first-order valence-corrected chi connectivity index (χ1v) is 6.45. The van der Waals surface area contributed by atoms with Gasteiger partial charge in [0.2, 0.25) is 11.7 Å². The van der Waals surface area contributed by atoms with E-state index < -0.39 is 24.4 Å². The van der Waals surface area contributed by atoms with Crippen LogP contribution in [0.3, 0.4) is 0 Å². The second-order valence-electron chi connectivity index (χ2n) is 4.23. The van der Waals surface area contributed by atoms with E-state index in [0.29, 0.717) is 5.75 Å². The number of rotatable bonds is 8. The normalized spacial score (nSPS) is 9.70. The number of carbonyl (C=O) groups excluding carboxylic acids is 3. The summed E-state index contributed by atoms with van der Waals surface area (Å²) in [6.07, 6.45) is 0. The molecular weight excluding hydrogens is 308 g/mol. The SMILES string of the molecule is COc1cc(C(=O)OCC(=O)NCC(N)=O)cc(OC)c1OC. The second-order valence-corrected chi connectivity index (χ2v) is 4.23. The summed E-state index contributed by atoms with van der Waals surface area (Å²) in [5.74, 6) is -1.24. The van der Waals surface area contributed by atoms with E-state index >= 15 is 0 Å². The largest absolute Gasteiger partial charge is 0.493 e. The second kappa shape index (κ2) is 8.47. The van der Waals surface area contributed by atoms with E-state index in [-0.39, 0.29) is 23.6 Å². The standard InChI is InChI=1S/C14H18N2O7/c1-20-9-4-8(5-10(21-2)13(9)22-3)14(19)23-7-12(18)16-6-11(15)17/h4-5H,6-7H2,1-3H3,(H2,15,17)(H,16,18). The van der Waals surface area contributed by atoms with Crippen molar-refractivity contribution in [3.05, 3.63) is 17.7 Å².